The maximum absolute atomic E-state index is 5.95. The van der Waals surface area contributed by atoms with Gasteiger partial charge in [-0.15, -0.1) is 11.6 Å². The molecular formula is C13H10BrCl2NO. The number of benzene rings is 1. The third-order valence-corrected chi connectivity index (χ3v) is 3.35. The van der Waals surface area contributed by atoms with Crippen molar-refractivity contribution in [2.45, 2.75) is 12.8 Å². The second-order valence-electron chi connectivity index (χ2n) is 3.76. The Kier molecular flexibility index (Phi) is 4.49. The molecule has 94 valence electrons. The SMILES string of the molecule is Cc1ccc(Cl)cc1Oc1ncc(Br)cc1CCl. The van der Waals surface area contributed by atoms with Gasteiger partial charge in [-0.3, -0.25) is 0 Å². The van der Waals surface area contributed by atoms with Gasteiger partial charge in [-0.25, -0.2) is 4.98 Å². The van der Waals surface area contributed by atoms with Crippen LogP contribution in [0.4, 0.5) is 0 Å². The molecule has 1 aromatic carbocycles. The molecule has 0 fully saturated rings. The number of alkyl halides is 1. The molecule has 0 bridgehead atoms. The summed E-state index contributed by atoms with van der Waals surface area (Å²) in [7, 11) is 0. The van der Waals surface area contributed by atoms with Gasteiger partial charge in [0.05, 0.1) is 5.88 Å². The number of hydrogen-bond acceptors (Lipinski definition) is 2. The monoisotopic (exact) mass is 345 g/mol. The second kappa shape index (κ2) is 5.91. The van der Waals surface area contributed by atoms with E-state index in [4.69, 9.17) is 27.9 Å². The first-order valence-electron chi connectivity index (χ1n) is 5.24. The van der Waals surface area contributed by atoms with Crippen LogP contribution in [0.15, 0.2) is 34.9 Å². The highest BCUT2D eigenvalue weighted by Crippen LogP contribution is 2.30. The van der Waals surface area contributed by atoms with Gasteiger partial charge in [0.25, 0.3) is 0 Å². The highest BCUT2D eigenvalue weighted by Gasteiger charge is 2.09. The third-order valence-electron chi connectivity index (χ3n) is 2.39. The van der Waals surface area contributed by atoms with Gasteiger partial charge in [-0.2, -0.15) is 0 Å². The Morgan fingerprint density at radius 2 is 2.11 bits per heavy atom. The lowest BCUT2D eigenvalue weighted by Gasteiger charge is -2.11. The Hall–Kier alpha value is -0.770. The van der Waals surface area contributed by atoms with E-state index in [2.05, 4.69) is 20.9 Å². The fourth-order valence-corrected chi connectivity index (χ4v) is 2.18. The highest BCUT2D eigenvalue weighted by atomic mass is 79.9. The van der Waals surface area contributed by atoms with Crippen LogP contribution in [0.5, 0.6) is 11.6 Å². The van der Waals surface area contributed by atoms with Crippen molar-refractivity contribution in [1.82, 2.24) is 4.98 Å². The van der Waals surface area contributed by atoms with Crippen molar-refractivity contribution in [2.75, 3.05) is 0 Å². The molecule has 0 N–H and O–H groups in total. The van der Waals surface area contributed by atoms with Crippen LogP contribution in [-0.2, 0) is 5.88 Å². The van der Waals surface area contributed by atoms with E-state index in [-0.39, 0.29) is 0 Å². The number of rotatable bonds is 3. The molecule has 0 aliphatic rings. The van der Waals surface area contributed by atoms with Crippen LogP contribution >= 0.6 is 39.1 Å². The zero-order chi connectivity index (χ0) is 13.1. The largest absolute Gasteiger partial charge is 0.438 e. The summed E-state index contributed by atoms with van der Waals surface area (Å²) in [6.45, 7) is 1.95. The van der Waals surface area contributed by atoms with E-state index in [0.717, 1.165) is 15.6 Å². The Bertz CT molecular complexity index is 575. The van der Waals surface area contributed by atoms with Gasteiger partial charge in [0.1, 0.15) is 5.75 Å². The predicted molar refractivity (Wildman–Crippen MR) is 77.8 cm³/mol. The van der Waals surface area contributed by atoms with E-state index >= 15 is 0 Å². The summed E-state index contributed by atoms with van der Waals surface area (Å²) in [6.07, 6.45) is 1.67. The summed E-state index contributed by atoms with van der Waals surface area (Å²) in [5, 5.41) is 0.625. The van der Waals surface area contributed by atoms with Crippen LogP contribution in [0, 0.1) is 6.92 Å². The lowest BCUT2D eigenvalue weighted by atomic mass is 10.2. The van der Waals surface area contributed by atoms with Crippen molar-refractivity contribution in [1.29, 1.82) is 0 Å². The van der Waals surface area contributed by atoms with Gasteiger partial charge < -0.3 is 4.74 Å². The molecule has 0 amide bonds. The van der Waals surface area contributed by atoms with Crippen LogP contribution in [0.2, 0.25) is 5.02 Å². The van der Waals surface area contributed by atoms with E-state index in [9.17, 15) is 0 Å². The Labute approximate surface area is 124 Å². The number of halogens is 3. The van der Waals surface area contributed by atoms with Gasteiger partial charge >= 0.3 is 0 Å². The standard InChI is InChI=1S/C13H10BrCl2NO/c1-8-2-3-11(16)5-12(8)18-13-9(6-15)4-10(14)7-17-13/h2-5,7H,6H2,1H3. The van der Waals surface area contributed by atoms with Crippen molar-refractivity contribution >= 4 is 39.1 Å². The number of ether oxygens (including phenoxy) is 1. The van der Waals surface area contributed by atoms with Crippen LogP contribution in [0.1, 0.15) is 11.1 Å². The molecule has 0 aliphatic heterocycles. The van der Waals surface area contributed by atoms with E-state index in [1.54, 1.807) is 12.3 Å². The average molecular weight is 347 g/mol. The molecule has 0 unspecified atom stereocenters. The van der Waals surface area contributed by atoms with Crippen LogP contribution < -0.4 is 4.74 Å². The quantitative estimate of drug-likeness (QED) is 0.700. The number of nitrogens with zero attached hydrogens (tertiary/aromatic N) is 1. The van der Waals surface area contributed by atoms with E-state index in [1.807, 2.05) is 25.1 Å². The molecule has 0 aliphatic carbocycles. The van der Waals surface area contributed by atoms with Crippen molar-refractivity contribution in [3.8, 4) is 11.6 Å². The van der Waals surface area contributed by atoms with Crippen molar-refractivity contribution < 1.29 is 4.74 Å². The molecule has 2 nitrogen and oxygen atoms in total. The van der Waals surface area contributed by atoms with Crippen LogP contribution in [0.25, 0.3) is 0 Å². The first-order valence-corrected chi connectivity index (χ1v) is 6.95. The predicted octanol–water partition coefficient (Wildman–Crippen LogP) is 5.34. The molecule has 1 aromatic heterocycles. The highest BCUT2D eigenvalue weighted by molar-refractivity contribution is 9.10. The fraction of sp³-hybridized carbons (Fsp3) is 0.154. The van der Waals surface area contributed by atoms with Gasteiger partial charge in [-0.1, -0.05) is 17.7 Å². The number of aromatic nitrogens is 1. The van der Waals surface area contributed by atoms with Gasteiger partial charge in [0.15, 0.2) is 0 Å². The summed E-state index contributed by atoms with van der Waals surface area (Å²) >= 11 is 15.2. The second-order valence-corrected chi connectivity index (χ2v) is 5.38. The minimum atomic E-state index is 0.335. The summed E-state index contributed by atoms with van der Waals surface area (Å²) in [6, 6.07) is 7.37. The molecule has 1 heterocycles. The minimum absolute atomic E-state index is 0.335. The molecule has 2 rings (SSSR count). The Morgan fingerprint density at radius 1 is 1.33 bits per heavy atom. The lowest BCUT2D eigenvalue weighted by molar-refractivity contribution is 0.455. The molecule has 0 saturated carbocycles. The smallest absolute Gasteiger partial charge is 0.223 e. The average Bonchev–Trinajstić information content (AvgIpc) is 2.36. The topological polar surface area (TPSA) is 22.1 Å². The first-order chi connectivity index (χ1) is 8.60. The van der Waals surface area contributed by atoms with Gasteiger partial charge in [-0.05, 0) is 46.6 Å². The lowest BCUT2D eigenvalue weighted by Crippen LogP contribution is -1.94. The molecule has 0 saturated heterocycles. The molecule has 0 atom stereocenters. The maximum Gasteiger partial charge on any atom is 0.223 e. The first kappa shape index (κ1) is 13.7. The van der Waals surface area contributed by atoms with Crippen molar-refractivity contribution in [2.24, 2.45) is 0 Å². The van der Waals surface area contributed by atoms with E-state index in [1.165, 1.54) is 0 Å². The molecule has 5 heteroatoms. The molecular weight excluding hydrogens is 337 g/mol. The number of aryl methyl sites for hydroxylation is 1. The van der Waals surface area contributed by atoms with Gasteiger partial charge in [0, 0.05) is 21.3 Å². The van der Waals surface area contributed by atoms with Crippen molar-refractivity contribution in [3.05, 3.63) is 51.1 Å². The van der Waals surface area contributed by atoms with Crippen molar-refractivity contribution in [3.63, 3.8) is 0 Å². The normalized spacial score (nSPS) is 10.4. The molecule has 0 radical (unpaired) electrons. The molecule has 0 spiro atoms. The zero-order valence-corrected chi connectivity index (χ0v) is 12.7. The summed E-state index contributed by atoms with van der Waals surface area (Å²) in [5.74, 6) is 1.52. The third kappa shape index (κ3) is 3.16. The zero-order valence-electron chi connectivity index (χ0n) is 9.58. The molecule has 18 heavy (non-hydrogen) atoms. The maximum atomic E-state index is 5.95. The molecule has 2 aromatic rings. The summed E-state index contributed by atoms with van der Waals surface area (Å²) in [5.41, 5.74) is 1.81. The Balaban J connectivity index is 2.36. The fourth-order valence-electron chi connectivity index (χ4n) is 1.44. The van der Waals surface area contributed by atoms with Crippen LogP contribution in [-0.4, -0.2) is 4.98 Å². The number of pyridine rings is 1. The van der Waals surface area contributed by atoms with E-state index < -0.39 is 0 Å². The van der Waals surface area contributed by atoms with Gasteiger partial charge in [0.2, 0.25) is 5.88 Å². The number of hydrogen-bond donors (Lipinski definition) is 0. The van der Waals surface area contributed by atoms with Crippen LogP contribution in [0.3, 0.4) is 0 Å². The summed E-state index contributed by atoms with van der Waals surface area (Å²) < 4.78 is 6.63. The summed E-state index contributed by atoms with van der Waals surface area (Å²) in [4.78, 5) is 4.22. The minimum Gasteiger partial charge on any atom is -0.438 e. The van der Waals surface area contributed by atoms with E-state index in [0.29, 0.717) is 22.5 Å². The Morgan fingerprint density at radius 3 is 2.83 bits per heavy atom.